The molecule has 1 aromatic heterocycles. The summed E-state index contributed by atoms with van der Waals surface area (Å²) in [5.41, 5.74) is 1.15. The molecular weight excluding hydrogens is 342 g/mol. The molecule has 1 N–H and O–H groups in total. The molecule has 1 heterocycles. The van der Waals surface area contributed by atoms with Gasteiger partial charge in [-0.05, 0) is 18.2 Å². The molecule has 1 aromatic carbocycles. The zero-order chi connectivity index (χ0) is 14.4. The summed E-state index contributed by atoms with van der Waals surface area (Å²) in [6.45, 7) is 0.104. The minimum Gasteiger partial charge on any atom is -0.444 e. The van der Waals surface area contributed by atoms with Gasteiger partial charge in [0.15, 0.2) is 0 Å². The first-order valence-electron chi connectivity index (χ1n) is 5.72. The number of pyridine rings is 1. The van der Waals surface area contributed by atoms with Crippen LogP contribution in [0.4, 0.5) is 16.2 Å². The predicted molar refractivity (Wildman–Crippen MR) is 81.5 cm³/mol. The number of hydrogen-bond donors (Lipinski definition) is 1. The van der Waals surface area contributed by atoms with Crippen molar-refractivity contribution in [1.82, 2.24) is 4.98 Å². The number of nitro benzene ring substituents is 1. The monoisotopic (exact) mass is 353 g/mol. The van der Waals surface area contributed by atoms with Crippen molar-refractivity contribution in [3.05, 3.63) is 64.5 Å². The van der Waals surface area contributed by atoms with Crippen LogP contribution in [0, 0.1) is 10.1 Å². The van der Waals surface area contributed by atoms with Gasteiger partial charge in [-0.15, -0.1) is 17.0 Å². The Bertz CT molecular complexity index is 605. The number of benzene rings is 1. The molecule has 2 rings (SSSR count). The summed E-state index contributed by atoms with van der Waals surface area (Å²) in [4.78, 5) is 25.4. The molecule has 110 valence electrons. The van der Waals surface area contributed by atoms with E-state index in [9.17, 15) is 14.9 Å². The lowest BCUT2D eigenvalue weighted by Crippen LogP contribution is -2.13. The van der Waals surface area contributed by atoms with E-state index in [2.05, 4.69) is 10.3 Å². The molecule has 0 saturated carbocycles. The van der Waals surface area contributed by atoms with E-state index < -0.39 is 11.0 Å². The van der Waals surface area contributed by atoms with Crippen molar-refractivity contribution < 1.29 is 14.5 Å². The Labute approximate surface area is 130 Å². The molecule has 2 aromatic rings. The van der Waals surface area contributed by atoms with Crippen LogP contribution in [-0.2, 0) is 11.3 Å². The lowest BCUT2D eigenvalue weighted by molar-refractivity contribution is -0.384. The van der Waals surface area contributed by atoms with E-state index in [0.29, 0.717) is 5.69 Å². The Hall–Kier alpha value is -2.48. The van der Waals surface area contributed by atoms with E-state index in [1.807, 2.05) is 0 Å². The standard InChI is InChI=1S/C13H11N3O4.BrH/c17-13(20-9-10-2-1-7-14-8-10)15-11-3-5-12(6-4-11)16(18)19;/h1-8H,9H2,(H,15,17);1H. The summed E-state index contributed by atoms with van der Waals surface area (Å²) in [5.74, 6) is 0. The van der Waals surface area contributed by atoms with Gasteiger partial charge in [0.2, 0.25) is 0 Å². The van der Waals surface area contributed by atoms with Crippen LogP contribution in [-0.4, -0.2) is 16.0 Å². The lowest BCUT2D eigenvalue weighted by Gasteiger charge is -2.06. The van der Waals surface area contributed by atoms with Crippen molar-refractivity contribution in [3.63, 3.8) is 0 Å². The van der Waals surface area contributed by atoms with Gasteiger partial charge in [-0.1, -0.05) is 6.07 Å². The molecule has 0 aliphatic heterocycles. The molecule has 0 aliphatic rings. The molecule has 0 bridgehead atoms. The van der Waals surface area contributed by atoms with Crippen LogP contribution >= 0.6 is 17.0 Å². The summed E-state index contributed by atoms with van der Waals surface area (Å²) in [6, 6.07) is 9.00. The van der Waals surface area contributed by atoms with Gasteiger partial charge in [-0.2, -0.15) is 0 Å². The number of nitrogens with zero attached hydrogens (tertiary/aromatic N) is 2. The summed E-state index contributed by atoms with van der Waals surface area (Å²) in [5, 5.41) is 13.0. The summed E-state index contributed by atoms with van der Waals surface area (Å²) in [7, 11) is 0. The molecule has 1 amide bonds. The fourth-order valence-corrected chi connectivity index (χ4v) is 1.45. The first kappa shape index (κ1) is 16.6. The van der Waals surface area contributed by atoms with Crippen molar-refractivity contribution in [1.29, 1.82) is 0 Å². The van der Waals surface area contributed by atoms with Crippen molar-refractivity contribution in [2.75, 3.05) is 5.32 Å². The van der Waals surface area contributed by atoms with Crippen molar-refractivity contribution in [2.24, 2.45) is 0 Å². The van der Waals surface area contributed by atoms with Gasteiger partial charge < -0.3 is 4.74 Å². The van der Waals surface area contributed by atoms with Crippen LogP contribution in [0.5, 0.6) is 0 Å². The predicted octanol–water partition coefficient (Wildman–Crippen LogP) is 3.32. The van der Waals surface area contributed by atoms with Gasteiger partial charge in [-0.3, -0.25) is 20.4 Å². The second-order valence-electron chi connectivity index (χ2n) is 3.87. The highest BCUT2D eigenvalue weighted by molar-refractivity contribution is 8.93. The van der Waals surface area contributed by atoms with E-state index in [4.69, 9.17) is 4.74 Å². The largest absolute Gasteiger partial charge is 0.444 e. The Kier molecular flexibility index (Phi) is 6.28. The fourth-order valence-electron chi connectivity index (χ4n) is 1.45. The number of aromatic nitrogens is 1. The maximum Gasteiger partial charge on any atom is 0.411 e. The quantitative estimate of drug-likeness (QED) is 0.671. The number of amides is 1. The van der Waals surface area contributed by atoms with E-state index in [0.717, 1.165) is 5.56 Å². The van der Waals surface area contributed by atoms with Gasteiger partial charge in [0.1, 0.15) is 6.61 Å². The molecule has 0 saturated heterocycles. The number of carbonyl (C=O) groups is 1. The maximum atomic E-state index is 11.5. The molecule has 0 atom stereocenters. The first-order valence-corrected chi connectivity index (χ1v) is 5.72. The normalized spacial score (nSPS) is 9.33. The number of nitro groups is 1. The second-order valence-corrected chi connectivity index (χ2v) is 3.87. The third-order valence-corrected chi connectivity index (χ3v) is 2.42. The average Bonchev–Trinajstić information content (AvgIpc) is 2.47. The molecule has 0 fully saturated rings. The Morgan fingerprint density at radius 1 is 1.29 bits per heavy atom. The third kappa shape index (κ3) is 5.19. The summed E-state index contributed by atoms with van der Waals surface area (Å²) >= 11 is 0. The fraction of sp³-hybridized carbons (Fsp3) is 0.0769. The number of ether oxygens (including phenoxy) is 1. The second kappa shape index (κ2) is 7.95. The molecule has 21 heavy (non-hydrogen) atoms. The number of carbonyl (C=O) groups excluding carboxylic acids is 1. The summed E-state index contributed by atoms with van der Waals surface area (Å²) in [6.07, 6.45) is 2.59. The molecular formula is C13H12BrN3O4. The van der Waals surface area contributed by atoms with Crippen LogP contribution in [0.3, 0.4) is 0 Å². The minimum absolute atomic E-state index is 0. The highest BCUT2D eigenvalue weighted by Gasteiger charge is 2.07. The maximum absolute atomic E-state index is 11.5. The molecule has 0 aliphatic carbocycles. The highest BCUT2D eigenvalue weighted by Crippen LogP contribution is 2.15. The van der Waals surface area contributed by atoms with E-state index in [-0.39, 0.29) is 29.3 Å². The topological polar surface area (TPSA) is 94.4 Å². The molecule has 0 spiro atoms. The Balaban J connectivity index is 0.00000220. The van der Waals surface area contributed by atoms with Crippen LogP contribution in [0.1, 0.15) is 5.56 Å². The third-order valence-electron chi connectivity index (χ3n) is 2.42. The highest BCUT2D eigenvalue weighted by atomic mass is 79.9. The van der Waals surface area contributed by atoms with Gasteiger partial charge in [0, 0.05) is 35.8 Å². The van der Waals surface area contributed by atoms with Gasteiger partial charge >= 0.3 is 6.09 Å². The van der Waals surface area contributed by atoms with E-state index in [1.54, 1.807) is 24.5 Å². The molecule has 0 radical (unpaired) electrons. The lowest BCUT2D eigenvalue weighted by atomic mass is 10.3. The van der Waals surface area contributed by atoms with Gasteiger partial charge in [-0.25, -0.2) is 4.79 Å². The number of nitrogens with one attached hydrogen (secondary N) is 1. The van der Waals surface area contributed by atoms with E-state index >= 15 is 0 Å². The van der Waals surface area contributed by atoms with Crippen molar-refractivity contribution in [3.8, 4) is 0 Å². The van der Waals surface area contributed by atoms with Crippen molar-refractivity contribution in [2.45, 2.75) is 6.61 Å². The number of hydrogen-bond acceptors (Lipinski definition) is 5. The Morgan fingerprint density at radius 3 is 2.57 bits per heavy atom. The average molecular weight is 354 g/mol. The minimum atomic E-state index is -0.636. The number of halogens is 1. The van der Waals surface area contributed by atoms with Gasteiger partial charge in [0.05, 0.1) is 4.92 Å². The van der Waals surface area contributed by atoms with Crippen LogP contribution in [0.2, 0.25) is 0 Å². The van der Waals surface area contributed by atoms with E-state index in [1.165, 1.54) is 24.3 Å². The first-order chi connectivity index (χ1) is 9.65. The molecule has 8 heteroatoms. The Morgan fingerprint density at radius 2 is 2.00 bits per heavy atom. The van der Waals surface area contributed by atoms with Crippen LogP contribution < -0.4 is 5.32 Å². The zero-order valence-electron chi connectivity index (χ0n) is 10.8. The SMILES string of the molecule is Br.O=C(Nc1ccc([N+](=O)[O-])cc1)OCc1cccnc1. The van der Waals surface area contributed by atoms with Crippen LogP contribution in [0.25, 0.3) is 0 Å². The number of rotatable bonds is 4. The molecule has 7 nitrogen and oxygen atoms in total. The number of non-ortho nitro benzene ring substituents is 1. The van der Waals surface area contributed by atoms with Crippen molar-refractivity contribution >= 4 is 34.4 Å². The summed E-state index contributed by atoms with van der Waals surface area (Å²) < 4.78 is 4.99. The molecule has 0 unspecified atom stereocenters. The number of anilines is 1. The zero-order valence-corrected chi connectivity index (χ0v) is 12.5. The van der Waals surface area contributed by atoms with Crippen LogP contribution in [0.15, 0.2) is 48.8 Å². The van der Waals surface area contributed by atoms with Gasteiger partial charge in [0.25, 0.3) is 5.69 Å². The smallest absolute Gasteiger partial charge is 0.411 e.